The highest BCUT2D eigenvalue weighted by Gasteiger charge is 2.18. The third-order valence-electron chi connectivity index (χ3n) is 3.06. The van der Waals surface area contributed by atoms with Crippen molar-refractivity contribution in [1.82, 2.24) is 10.3 Å². The van der Waals surface area contributed by atoms with Crippen molar-refractivity contribution < 1.29 is 4.39 Å². The van der Waals surface area contributed by atoms with Crippen LogP contribution in [0, 0.1) is 12.7 Å². The van der Waals surface area contributed by atoms with E-state index in [1.807, 2.05) is 13.0 Å². The summed E-state index contributed by atoms with van der Waals surface area (Å²) in [5, 5.41) is 3.97. The molecule has 1 heterocycles. The quantitative estimate of drug-likeness (QED) is 0.890. The van der Waals surface area contributed by atoms with Gasteiger partial charge in [-0.1, -0.05) is 24.6 Å². The van der Waals surface area contributed by atoms with Crippen LogP contribution < -0.4 is 5.32 Å². The largest absolute Gasteiger partial charge is 0.305 e. The maximum Gasteiger partial charge on any atom is 0.123 e. The Morgan fingerprint density at radius 1 is 1.35 bits per heavy atom. The molecule has 0 saturated heterocycles. The summed E-state index contributed by atoms with van der Waals surface area (Å²) in [6, 6.07) is 8.40. The lowest BCUT2D eigenvalue weighted by Crippen LogP contribution is -2.24. The van der Waals surface area contributed by atoms with Crippen molar-refractivity contribution in [3.8, 4) is 0 Å². The van der Waals surface area contributed by atoms with Gasteiger partial charge in [0.05, 0.1) is 16.8 Å². The average Bonchev–Trinajstić information content (AvgIpc) is 2.40. The van der Waals surface area contributed by atoms with Gasteiger partial charge in [-0.05, 0) is 55.3 Å². The Kier molecular flexibility index (Phi) is 5.10. The van der Waals surface area contributed by atoms with Gasteiger partial charge in [0.25, 0.3) is 0 Å². The first-order valence-electron chi connectivity index (χ1n) is 6.72. The lowest BCUT2D eigenvalue weighted by molar-refractivity contribution is 0.575. The molecule has 0 spiro atoms. The van der Waals surface area contributed by atoms with Gasteiger partial charge in [-0.15, -0.1) is 0 Å². The van der Waals surface area contributed by atoms with Gasteiger partial charge in [-0.25, -0.2) is 4.39 Å². The molecular formula is C16H18ClFN2. The molecule has 0 fully saturated rings. The van der Waals surface area contributed by atoms with Crippen LogP contribution in [-0.4, -0.2) is 11.5 Å². The van der Waals surface area contributed by atoms with Gasteiger partial charge in [-0.3, -0.25) is 4.98 Å². The van der Waals surface area contributed by atoms with E-state index >= 15 is 0 Å². The number of nitrogens with zero attached hydrogens (tertiary/aromatic N) is 1. The summed E-state index contributed by atoms with van der Waals surface area (Å²) < 4.78 is 13.6. The first kappa shape index (κ1) is 14.9. The second kappa shape index (κ2) is 6.82. The Morgan fingerprint density at radius 2 is 2.15 bits per heavy atom. The average molecular weight is 293 g/mol. The Labute approximate surface area is 124 Å². The molecule has 0 amide bonds. The number of aromatic nitrogens is 1. The lowest BCUT2D eigenvalue weighted by atomic mass is 10.0. The minimum absolute atomic E-state index is 0.196. The molecule has 0 saturated carbocycles. The number of nitrogens with one attached hydrogen (secondary N) is 1. The zero-order chi connectivity index (χ0) is 14.5. The standard InChI is InChI=1S/C16H18ClFN2/c1-3-6-19-15(16-14(17)5-4-7-20-16)12-8-11(2)9-13(18)10-12/h4-5,7-10,15,19H,3,6H2,1-2H3. The van der Waals surface area contributed by atoms with Crippen molar-refractivity contribution in [1.29, 1.82) is 0 Å². The maximum absolute atomic E-state index is 13.6. The third kappa shape index (κ3) is 3.56. The molecular weight excluding hydrogens is 275 g/mol. The monoisotopic (exact) mass is 292 g/mol. The van der Waals surface area contributed by atoms with E-state index in [4.69, 9.17) is 11.6 Å². The van der Waals surface area contributed by atoms with Crippen molar-refractivity contribution >= 4 is 11.6 Å². The number of hydrogen-bond acceptors (Lipinski definition) is 2. The Balaban J connectivity index is 2.44. The fraction of sp³-hybridized carbons (Fsp3) is 0.312. The van der Waals surface area contributed by atoms with Crippen LogP contribution in [0.3, 0.4) is 0 Å². The summed E-state index contributed by atoms with van der Waals surface area (Å²) in [4.78, 5) is 4.35. The van der Waals surface area contributed by atoms with Crippen LogP contribution in [0.4, 0.5) is 4.39 Å². The second-order valence-corrected chi connectivity index (χ2v) is 5.23. The predicted molar refractivity (Wildman–Crippen MR) is 80.5 cm³/mol. The van der Waals surface area contributed by atoms with E-state index < -0.39 is 0 Å². The van der Waals surface area contributed by atoms with E-state index in [0.717, 1.165) is 29.8 Å². The third-order valence-corrected chi connectivity index (χ3v) is 3.38. The Morgan fingerprint density at radius 3 is 2.80 bits per heavy atom. The SMILES string of the molecule is CCCNC(c1cc(C)cc(F)c1)c1ncccc1Cl. The first-order chi connectivity index (χ1) is 9.61. The summed E-state index contributed by atoms with van der Waals surface area (Å²) in [5.74, 6) is -0.240. The molecule has 1 unspecified atom stereocenters. The number of halogens is 2. The molecule has 0 bridgehead atoms. The van der Waals surface area contributed by atoms with Crippen LogP contribution in [0.15, 0.2) is 36.5 Å². The van der Waals surface area contributed by atoms with Crippen molar-refractivity contribution in [3.05, 3.63) is 64.2 Å². The molecule has 1 aromatic heterocycles. The molecule has 0 aliphatic rings. The molecule has 106 valence electrons. The van der Waals surface area contributed by atoms with Gasteiger partial charge >= 0.3 is 0 Å². The van der Waals surface area contributed by atoms with E-state index in [-0.39, 0.29) is 11.9 Å². The van der Waals surface area contributed by atoms with Crippen LogP contribution in [0.1, 0.15) is 36.2 Å². The van der Waals surface area contributed by atoms with Crippen LogP contribution in [0.25, 0.3) is 0 Å². The van der Waals surface area contributed by atoms with E-state index in [1.165, 1.54) is 12.1 Å². The van der Waals surface area contributed by atoms with E-state index in [0.29, 0.717) is 5.02 Å². The summed E-state index contributed by atoms with van der Waals surface area (Å²) in [6.45, 7) is 4.78. The predicted octanol–water partition coefficient (Wildman–Crippen LogP) is 4.27. The summed E-state index contributed by atoms with van der Waals surface area (Å²) >= 11 is 6.23. The van der Waals surface area contributed by atoms with Crippen LogP contribution in [0.2, 0.25) is 5.02 Å². The molecule has 1 aromatic carbocycles. The highest BCUT2D eigenvalue weighted by molar-refractivity contribution is 6.31. The molecule has 0 aliphatic heterocycles. The fourth-order valence-corrected chi connectivity index (χ4v) is 2.43. The number of benzene rings is 1. The minimum Gasteiger partial charge on any atom is -0.305 e. The summed E-state index contributed by atoms with van der Waals surface area (Å²) in [6.07, 6.45) is 2.68. The molecule has 1 N–H and O–H groups in total. The maximum atomic E-state index is 13.6. The smallest absolute Gasteiger partial charge is 0.123 e. The fourth-order valence-electron chi connectivity index (χ4n) is 2.20. The molecule has 2 nitrogen and oxygen atoms in total. The number of pyridine rings is 1. The topological polar surface area (TPSA) is 24.9 Å². The zero-order valence-corrected chi connectivity index (χ0v) is 12.4. The van der Waals surface area contributed by atoms with Crippen LogP contribution >= 0.6 is 11.6 Å². The Hall–Kier alpha value is -1.45. The van der Waals surface area contributed by atoms with Gasteiger partial charge in [0.2, 0.25) is 0 Å². The molecule has 2 rings (SSSR count). The molecule has 2 aromatic rings. The molecule has 0 radical (unpaired) electrons. The van der Waals surface area contributed by atoms with Gasteiger partial charge in [0, 0.05) is 6.20 Å². The normalized spacial score (nSPS) is 12.4. The van der Waals surface area contributed by atoms with Crippen molar-refractivity contribution in [2.45, 2.75) is 26.3 Å². The van der Waals surface area contributed by atoms with E-state index in [2.05, 4.69) is 17.2 Å². The number of rotatable bonds is 5. The van der Waals surface area contributed by atoms with Gasteiger partial charge in [-0.2, -0.15) is 0 Å². The minimum atomic E-state index is -0.240. The number of hydrogen-bond donors (Lipinski definition) is 1. The molecule has 0 aliphatic carbocycles. The summed E-state index contributed by atoms with van der Waals surface area (Å²) in [7, 11) is 0. The first-order valence-corrected chi connectivity index (χ1v) is 7.10. The molecule has 4 heteroatoms. The van der Waals surface area contributed by atoms with Crippen molar-refractivity contribution in [2.24, 2.45) is 0 Å². The Bertz CT molecular complexity index is 566. The van der Waals surface area contributed by atoms with E-state index in [9.17, 15) is 4.39 Å². The second-order valence-electron chi connectivity index (χ2n) is 4.82. The highest BCUT2D eigenvalue weighted by atomic mass is 35.5. The van der Waals surface area contributed by atoms with E-state index in [1.54, 1.807) is 18.3 Å². The van der Waals surface area contributed by atoms with Crippen LogP contribution in [0.5, 0.6) is 0 Å². The zero-order valence-electron chi connectivity index (χ0n) is 11.7. The van der Waals surface area contributed by atoms with Gasteiger partial charge in [0.1, 0.15) is 5.82 Å². The van der Waals surface area contributed by atoms with Crippen molar-refractivity contribution in [2.75, 3.05) is 6.54 Å². The lowest BCUT2D eigenvalue weighted by Gasteiger charge is -2.20. The molecule has 20 heavy (non-hydrogen) atoms. The summed E-state index contributed by atoms with van der Waals surface area (Å²) in [5.41, 5.74) is 2.46. The molecule has 1 atom stereocenters. The number of aryl methyl sites for hydroxylation is 1. The van der Waals surface area contributed by atoms with Gasteiger partial charge < -0.3 is 5.32 Å². The van der Waals surface area contributed by atoms with Crippen LogP contribution in [-0.2, 0) is 0 Å². The van der Waals surface area contributed by atoms with Crippen molar-refractivity contribution in [3.63, 3.8) is 0 Å². The highest BCUT2D eigenvalue weighted by Crippen LogP contribution is 2.27. The van der Waals surface area contributed by atoms with Gasteiger partial charge in [0.15, 0.2) is 0 Å².